The molecule has 1 unspecified atom stereocenters. The molecule has 5 heteroatoms. The van der Waals surface area contributed by atoms with Crippen molar-refractivity contribution in [3.8, 4) is 0 Å². The quantitative estimate of drug-likeness (QED) is 0.701. The first kappa shape index (κ1) is 14.0. The third-order valence-corrected chi connectivity index (χ3v) is 3.36. The standard InChI is InChI=1S/C12H22N2O3/c1-3-7-13-9-10(15)14-8-5-4-6-12(14,2)11(16)17/h13H,3-9H2,1-2H3,(H,16,17). The number of hydrogen-bond acceptors (Lipinski definition) is 3. The Morgan fingerprint density at radius 2 is 2.12 bits per heavy atom. The van der Waals surface area contributed by atoms with E-state index in [1.807, 2.05) is 6.92 Å². The lowest BCUT2D eigenvalue weighted by atomic mass is 9.88. The second-order valence-corrected chi connectivity index (χ2v) is 4.76. The number of carbonyl (C=O) groups excluding carboxylic acids is 1. The highest BCUT2D eigenvalue weighted by Gasteiger charge is 2.43. The molecule has 0 saturated carbocycles. The van der Waals surface area contributed by atoms with Gasteiger partial charge in [-0.25, -0.2) is 4.79 Å². The molecule has 0 spiro atoms. The zero-order chi connectivity index (χ0) is 12.9. The van der Waals surface area contributed by atoms with Crippen LogP contribution in [0.5, 0.6) is 0 Å². The zero-order valence-electron chi connectivity index (χ0n) is 10.7. The van der Waals surface area contributed by atoms with Crippen LogP contribution in [-0.4, -0.2) is 47.1 Å². The molecule has 1 fully saturated rings. The van der Waals surface area contributed by atoms with Crippen molar-refractivity contribution in [1.29, 1.82) is 0 Å². The lowest BCUT2D eigenvalue weighted by molar-refractivity contribution is -0.160. The molecule has 0 aromatic rings. The Morgan fingerprint density at radius 1 is 1.41 bits per heavy atom. The van der Waals surface area contributed by atoms with Crippen LogP contribution in [0.2, 0.25) is 0 Å². The van der Waals surface area contributed by atoms with Gasteiger partial charge in [0, 0.05) is 6.54 Å². The van der Waals surface area contributed by atoms with Gasteiger partial charge in [0.2, 0.25) is 5.91 Å². The van der Waals surface area contributed by atoms with Crippen LogP contribution in [0.15, 0.2) is 0 Å². The minimum atomic E-state index is -1.02. The van der Waals surface area contributed by atoms with Crippen LogP contribution in [0.25, 0.3) is 0 Å². The van der Waals surface area contributed by atoms with E-state index in [9.17, 15) is 14.7 Å². The van der Waals surface area contributed by atoms with Gasteiger partial charge in [-0.3, -0.25) is 4.79 Å². The fraction of sp³-hybridized carbons (Fsp3) is 0.833. The molecule has 1 rings (SSSR count). The van der Waals surface area contributed by atoms with Crippen LogP contribution in [0, 0.1) is 0 Å². The second kappa shape index (κ2) is 6.00. The molecular weight excluding hydrogens is 220 g/mol. The summed E-state index contributed by atoms with van der Waals surface area (Å²) < 4.78 is 0. The van der Waals surface area contributed by atoms with Crippen molar-refractivity contribution < 1.29 is 14.7 Å². The van der Waals surface area contributed by atoms with Crippen molar-refractivity contribution in [3.63, 3.8) is 0 Å². The van der Waals surface area contributed by atoms with Crippen molar-refractivity contribution in [2.75, 3.05) is 19.6 Å². The minimum Gasteiger partial charge on any atom is -0.480 e. The summed E-state index contributed by atoms with van der Waals surface area (Å²) in [5, 5.41) is 12.3. The normalized spacial score (nSPS) is 24.7. The van der Waals surface area contributed by atoms with Gasteiger partial charge >= 0.3 is 5.97 Å². The molecule has 2 N–H and O–H groups in total. The molecule has 0 aromatic carbocycles. The van der Waals surface area contributed by atoms with Crippen LogP contribution in [-0.2, 0) is 9.59 Å². The number of carbonyl (C=O) groups is 2. The van der Waals surface area contributed by atoms with E-state index >= 15 is 0 Å². The summed E-state index contributed by atoms with van der Waals surface area (Å²) in [5.74, 6) is -1.01. The van der Waals surface area contributed by atoms with Gasteiger partial charge in [0.25, 0.3) is 0 Å². The first-order valence-corrected chi connectivity index (χ1v) is 6.27. The summed E-state index contributed by atoms with van der Waals surface area (Å²) in [6.07, 6.45) is 3.27. The Morgan fingerprint density at radius 3 is 2.71 bits per heavy atom. The van der Waals surface area contributed by atoms with Gasteiger partial charge in [-0.15, -0.1) is 0 Å². The third kappa shape index (κ3) is 3.19. The predicted octanol–water partition coefficient (Wildman–Crippen LogP) is 0.842. The summed E-state index contributed by atoms with van der Waals surface area (Å²) in [5.41, 5.74) is -1.02. The van der Waals surface area contributed by atoms with E-state index in [1.54, 1.807) is 6.92 Å². The monoisotopic (exact) mass is 242 g/mol. The van der Waals surface area contributed by atoms with Crippen molar-refractivity contribution in [2.24, 2.45) is 0 Å². The zero-order valence-corrected chi connectivity index (χ0v) is 10.7. The molecular formula is C12H22N2O3. The first-order valence-electron chi connectivity index (χ1n) is 6.27. The van der Waals surface area contributed by atoms with Gasteiger partial charge in [0.15, 0.2) is 0 Å². The van der Waals surface area contributed by atoms with E-state index in [0.717, 1.165) is 25.8 Å². The van der Waals surface area contributed by atoms with Crippen LogP contribution >= 0.6 is 0 Å². The molecule has 98 valence electrons. The maximum absolute atomic E-state index is 12.0. The van der Waals surface area contributed by atoms with E-state index in [2.05, 4.69) is 5.32 Å². The van der Waals surface area contributed by atoms with Crippen molar-refractivity contribution in [3.05, 3.63) is 0 Å². The summed E-state index contributed by atoms with van der Waals surface area (Å²) in [6.45, 7) is 5.24. The number of piperidine rings is 1. The highest BCUT2D eigenvalue weighted by atomic mass is 16.4. The predicted molar refractivity (Wildman–Crippen MR) is 64.8 cm³/mol. The summed E-state index contributed by atoms with van der Waals surface area (Å²) in [7, 11) is 0. The number of likely N-dealkylation sites (tertiary alicyclic amines) is 1. The van der Waals surface area contributed by atoms with Gasteiger partial charge in [-0.05, 0) is 39.2 Å². The van der Waals surface area contributed by atoms with Crippen molar-refractivity contribution in [2.45, 2.75) is 45.1 Å². The fourth-order valence-corrected chi connectivity index (χ4v) is 2.21. The summed E-state index contributed by atoms with van der Waals surface area (Å²) in [4.78, 5) is 24.8. The van der Waals surface area contributed by atoms with Gasteiger partial charge in [-0.1, -0.05) is 6.92 Å². The molecule has 0 aliphatic carbocycles. The first-order chi connectivity index (χ1) is 8.02. The number of nitrogens with zero attached hydrogens (tertiary/aromatic N) is 1. The van der Waals surface area contributed by atoms with Crippen LogP contribution < -0.4 is 5.32 Å². The Labute approximate surface area is 102 Å². The maximum Gasteiger partial charge on any atom is 0.329 e. The number of carboxylic acid groups (broad SMARTS) is 1. The average Bonchev–Trinajstić information content (AvgIpc) is 2.29. The molecule has 1 amide bonds. The van der Waals surface area contributed by atoms with Crippen molar-refractivity contribution in [1.82, 2.24) is 10.2 Å². The van der Waals surface area contributed by atoms with Crippen LogP contribution in [0.4, 0.5) is 0 Å². The average molecular weight is 242 g/mol. The van der Waals surface area contributed by atoms with Crippen molar-refractivity contribution >= 4 is 11.9 Å². The molecule has 5 nitrogen and oxygen atoms in total. The smallest absolute Gasteiger partial charge is 0.329 e. The molecule has 1 aliphatic heterocycles. The topological polar surface area (TPSA) is 69.6 Å². The molecule has 0 bridgehead atoms. The Kier molecular flexibility index (Phi) is 4.93. The minimum absolute atomic E-state index is 0.108. The molecule has 1 heterocycles. The van der Waals surface area contributed by atoms with E-state index in [1.165, 1.54) is 4.90 Å². The van der Waals surface area contributed by atoms with Crippen LogP contribution in [0.3, 0.4) is 0 Å². The summed E-state index contributed by atoms with van der Waals surface area (Å²) >= 11 is 0. The number of carboxylic acids is 1. The number of amides is 1. The SMILES string of the molecule is CCCNCC(=O)N1CCCCC1(C)C(=O)O. The maximum atomic E-state index is 12.0. The molecule has 0 radical (unpaired) electrons. The highest BCUT2D eigenvalue weighted by molar-refractivity contribution is 5.87. The number of hydrogen-bond donors (Lipinski definition) is 2. The number of rotatable bonds is 5. The fourth-order valence-electron chi connectivity index (χ4n) is 2.21. The van der Waals surface area contributed by atoms with Gasteiger partial charge in [0.1, 0.15) is 5.54 Å². The molecule has 1 aliphatic rings. The molecule has 17 heavy (non-hydrogen) atoms. The second-order valence-electron chi connectivity index (χ2n) is 4.76. The summed E-state index contributed by atoms with van der Waals surface area (Å²) in [6, 6.07) is 0. The Balaban J connectivity index is 2.65. The molecule has 1 atom stereocenters. The van der Waals surface area contributed by atoms with E-state index in [4.69, 9.17) is 0 Å². The van der Waals surface area contributed by atoms with Crippen LogP contribution in [0.1, 0.15) is 39.5 Å². The number of aliphatic carboxylic acids is 1. The third-order valence-electron chi connectivity index (χ3n) is 3.36. The van der Waals surface area contributed by atoms with E-state index in [0.29, 0.717) is 13.0 Å². The molecule has 1 saturated heterocycles. The largest absolute Gasteiger partial charge is 0.480 e. The number of nitrogens with one attached hydrogen (secondary N) is 1. The lowest BCUT2D eigenvalue weighted by Crippen LogP contribution is -2.59. The van der Waals surface area contributed by atoms with E-state index in [-0.39, 0.29) is 12.5 Å². The Bertz CT molecular complexity index is 293. The highest BCUT2D eigenvalue weighted by Crippen LogP contribution is 2.28. The van der Waals surface area contributed by atoms with Gasteiger partial charge in [0.05, 0.1) is 6.54 Å². The van der Waals surface area contributed by atoms with Gasteiger partial charge in [-0.2, -0.15) is 0 Å². The molecule has 0 aromatic heterocycles. The Hall–Kier alpha value is -1.10. The van der Waals surface area contributed by atoms with Gasteiger partial charge < -0.3 is 15.3 Å². The lowest BCUT2D eigenvalue weighted by Gasteiger charge is -2.41. The van der Waals surface area contributed by atoms with E-state index < -0.39 is 11.5 Å².